The Morgan fingerprint density at radius 1 is 1.07 bits per heavy atom. The molecule has 6 heteroatoms. The molecule has 6 nitrogen and oxygen atoms in total. The fourth-order valence-corrected chi connectivity index (χ4v) is 3.97. The van der Waals surface area contributed by atoms with E-state index in [9.17, 15) is 9.59 Å². The van der Waals surface area contributed by atoms with E-state index in [0.29, 0.717) is 13.0 Å². The number of carbonyl (C=O) groups is 2. The lowest BCUT2D eigenvalue weighted by Crippen LogP contribution is -2.63. The third kappa shape index (κ3) is 3.11. The van der Waals surface area contributed by atoms with Crippen molar-refractivity contribution >= 4 is 11.9 Å². The number of ether oxygens (including phenoxy) is 1. The van der Waals surface area contributed by atoms with Crippen molar-refractivity contribution in [2.75, 3.05) is 13.7 Å². The minimum Gasteiger partial charge on any atom is -0.468 e. The summed E-state index contributed by atoms with van der Waals surface area (Å²) in [6.07, 6.45) is 0.0334. The molecule has 2 aromatic rings. The zero-order chi connectivity index (χ0) is 19.0. The molecule has 2 aliphatic rings. The van der Waals surface area contributed by atoms with Gasteiger partial charge in [0.2, 0.25) is 5.91 Å². The van der Waals surface area contributed by atoms with Gasteiger partial charge in [0, 0.05) is 13.0 Å². The van der Waals surface area contributed by atoms with Crippen molar-refractivity contribution in [3.05, 3.63) is 71.3 Å². The summed E-state index contributed by atoms with van der Waals surface area (Å²) in [6, 6.07) is 16.9. The summed E-state index contributed by atoms with van der Waals surface area (Å²) in [5.74, 6) is -0.280. The lowest BCUT2D eigenvalue weighted by atomic mass is 9.95. The topological polar surface area (TPSA) is 61.9 Å². The Kier molecular flexibility index (Phi) is 4.68. The van der Waals surface area contributed by atoms with Crippen molar-refractivity contribution in [1.29, 1.82) is 0 Å². The largest absolute Gasteiger partial charge is 0.468 e. The Bertz CT molecular complexity index is 838. The monoisotopic (exact) mass is 365 g/mol. The Labute approximate surface area is 158 Å². The molecular formula is C21H23N3O3. The first kappa shape index (κ1) is 17.7. The number of aryl methyl sites for hydroxylation is 1. The van der Waals surface area contributed by atoms with Crippen molar-refractivity contribution < 1.29 is 14.3 Å². The van der Waals surface area contributed by atoms with E-state index in [0.717, 1.165) is 16.7 Å². The number of amides is 1. The molecule has 4 rings (SSSR count). The number of hydrogen-bond acceptors (Lipinski definition) is 5. The highest BCUT2D eigenvalue weighted by Gasteiger charge is 2.50. The quantitative estimate of drug-likeness (QED) is 0.846. The van der Waals surface area contributed by atoms with Gasteiger partial charge in [0.15, 0.2) is 0 Å². The highest BCUT2D eigenvalue weighted by Crippen LogP contribution is 2.39. The molecule has 1 amide bonds. The lowest BCUT2D eigenvalue weighted by Gasteiger charge is -2.48. The van der Waals surface area contributed by atoms with Gasteiger partial charge >= 0.3 is 5.97 Å². The molecule has 2 saturated heterocycles. The summed E-state index contributed by atoms with van der Waals surface area (Å²) in [5, 5.41) is 7.16. The predicted molar refractivity (Wildman–Crippen MR) is 100 cm³/mol. The first-order valence-corrected chi connectivity index (χ1v) is 9.14. The Balaban J connectivity index is 1.78. The smallest absolute Gasteiger partial charge is 0.325 e. The summed E-state index contributed by atoms with van der Waals surface area (Å²) in [4.78, 5) is 25.3. The summed E-state index contributed by atoms with van der Waals surface area (Å²) < 4.78 is 5.09. The Hall–Kier alpha value is -2.70. The molecule has 27 heavy (non-hydrogen) atoms. The number of esters is 1. The number of hydrazine groups is 1. The summed E-state index contributed by atoms with van der Waals surface area (Å²) in [5.41, 5.74) is 3.06. The Morgan fingerprint density at radius 2 is 1.78 bits per heavy atom. The molecule has 0 aliphatic carbocycles. The highest BCUT2D eigenvalue weighted by atomic mass is 16.5. The average molecular weight is 365 g/mol. The van der Waals surface area contributed by atoms with Crippen LogP contribution >= 0.6 is 0 Å². The van der Waals surface area contributed by atoms with Gasteiger partial charge in [0.1, 0.15) is 12.2 Å². The summed E-state index contributed by atoms with van der Waals surface area (Å²) in [7, 11) is 1.40. The summed E-state index contributed by atoms with van der Waals surface area (Å²) >= 11 is 0. The normalized spacial score (nSPS) is 25.3. The van der Waals surface area contributed by atoms with E-state index < -0.39 is 12.2 Å². The first-order valence-electron chi connectivity index (χ1n) is 9.14. The summed E-state index contributed by atoms with van der Waals surface area (Å²) in [6.45, 7) is 2.60. The van der Waals surface area contributed by atoms with Gasteiger partial charge in [-0.3, -0.25) is 19.9 Å². The van der Waals surface area contributed by atoms with Crippen LogP contribution in [-0.4, -0.2) is 41.6 Å². The maximum absolute atomic E-state index is 12.7. The molecule has 0 bridgehead atoms. The fourth-order valence-electron chi connectivity index (χ4n) is 3.97. The minimum absolute atomic E-state index is 0.0531. The van der Waals surface area contributed by atoms with Crippen LogP contribution < -0.4 is 5.32 Å². The maximum Gasteiger partial charge on any atom is 0.325 e. The molecule has 0 saturated carbocycles. The highest BCUT2D eigenvalue weighted by molar-refractivity contribution is 5.81. The van der Waals surface area contributed by atoms with E-state index in [-0.39, 0.29) is 17.9 Å². The number of nitrogens with zero attached hydrogens (tertiary/aromatic N) is 2. The van der Waals surface area contributed by atoms with Crippen molar-refractivity contribution in [2.24, 2.45) is 0 Å². The van der Waals surface area contributed by atoms with Gasteiger partial charge in [-0.15, -0.1) is 0 Å². The number of carbonyl (C=O) groups excluding carboxylic acids is 2. The second-order valence-corrected chi connectivity index (χ2v) is 6.99. The number of methoxy groups -OCH3 is 1. The molecule has 0 aromatic heterocycles. The first-order chi connectivity index (χ1) is 13.1. The van der Waals surface area contributed by atoms with Crippen LogP contribution in [0.25, 0.3) is 0 Å². The predicted octanol–water partition coefficient (Wildman–Crippen LogP) is 2.33. The van der Waals surface area contributed by atoms with Gasteiger partial charge in [-0.05, 0) is 18.1 Å². The molecule has 2 fully saturated rings. The van der Waals surface area contributed by atoms with Crippen LogP contribution in [0.2, 0.25) is 0 Å². The third-order valence-corrected chi connectivity index (χ3v) is 5.30. The van der Waals surface area contributed by atoms with Crippen molar-refractivity contribution in [3.63, 3.8) is 0 Å². The van der Waals surface area contributed by atoms with Crippen LogP contribution in [0.1, 0.15) is 35.3 Å². The van der Waals surface area contributed by atoms with Gasteiger partial charge in [-0.2, -0.15) is 0 Å². The van der Waals surface area contributed by atoms with Crippen LogP contribution in [0.5, 0.6) is 0 Å². The molecule has 0 radical (unpaired) electrons. The SMILES string of the molecule is COC(=O)[C@H]1N[C@@H](c2ccc(C)cc2)N2C(=O)CCN2[C@@H]1c1ccccc1. The van der Waals surface area contributed by atoms with Crippen LogP contribution in [-0.2, 0) is 14.3 Å². The van der Waals surface area contributed by atoms with Crippen molar-refractivity contribution in [3.8, 4) is 0 Å². The van der Waals surface area contributed by atoms with E-state index in [2.05, 4.69) is 5.32 Å². The molecular weight excluding hydrogens is 342 g/mol. The lowest BCUT2D eigenvalue weighted by molar-refractivity contribution is -0.173. The van der Waals surface area contributed by atoms with E-state index >= 15 is 0 Å². The zero-order valence-corrected chi connectivity index (χ0v) is 15.5. The molecule has 2 aliphatic heterocycles. The van der Waals surface area contributed by atoms with Gasteiger partial charge in [0.05, 0.1) is 13.2 Å². The molecule has 3 atom stereocenters. The molecule has 0 unspecified atom stereocenters. The second-order valence-electron chi connectivity index (χ2n) is 6.99. The van der Waals surface area contributed by atoms with Crippen LogP contribution in [0, 0.1) is 6.92 Å². The van der Waals surface area contributed by atoms with Crippen molar-refractivity contribution in [1.82, 2.24) is 15.3 Å². The van der Waals surface area contributed by atoms with E-state index in [1.54, 1.807) is 5.01 Å². The fraction of sp³-hybridized carbons (Fsp3) is 0.333. The number of benzene rings is 2. The zero-order valence-electron chi connectivity index (χ0n) is 15.5. The van der Waals surface area contributed by atoms with E-state index in [4.69, 9.17) is 4.74 Å². The molecule has 140 valence electrons. The third-order valence-electron chi connectivity index (χ3n) is 5.30. The van der Waals surface area contributed by atoms with Crippen LogP contribution in [0.3, 0.4) is 0 Å². The Morgan fingerprint density at radius 3 is 2.44 bits per heavy atom. The minimum atomic E-state index is -0.578. The van der Waals surface area contributed by atoms with Crippen molar-refractivity contribution in [2.45, 2.75) is 31.6 Å². The van der Waals surface area contributed by atoms with Gasteiger partial charge < -0.3 is 4.74 Å². The van der Waals surface area contributed by atoms with Gasteiger partial charge in [-0.1, -0.05) is 60.2 Å². The molecule has 0 spiro atoms. The number of nitrogens with one attached hydrogen (secondary N) is 1. The standard InChI is InChI=1S/C21H23N3O3/c1-14-8-10-16(11-9-14)20-22-18(21(26)27-2)19(15-6-4-3-5-7-15)23-13-12-17(25)24(20)23/h3-11,18-20,22H,12-13H2,1-2H3/t18-,19+,20+/m0/s1. The van der Waals surface area contributed by atoms with E-state index in [1.165, 1.54) is 7.11 Å². The van der Waals surface area contributed by atoms with Gasteiger partial charge in [-0.25, -0.2) is 5.01 Å². The van der Waals surface area contributed by atoms with Crippen LogP contribution in [0.15, 0.2) is 54.6 Å². The number of fused-ring (bicyclic) bond motifs is 1. The second kappa shape index (κ2) is 7.13. The average Bonchev–Trinajstić information content (AvgIpc) is 3.09. The van der Waals surface area contributed by atoms with Crippen LogP contribution in [0.4, 0.5) is 0 Å². The van der Waals surface area contributed by atoms with E-state index in [1.807, 2.05) is 66.5 Å². The maximum atomic E-state index is 12.7. The molecule has 2 aromatic carbocycles. The van der Waals surface area contributed by atoms with Gasteiger partial charge in [0.25, 0.3) is 0 Å². The molecule has 1 N–H and O–H groups in total. The number of hydrogen-bond donors (Lipinski definition) is 1. The number of rotatable bonds is 3. The molecule has 2 heterocycles.